The van der Waals surface area contributed by atoms with Crippen LogP contribution in [0, 0.1) is 0 Å². The number of piperidine rings is 1. The van der Waals surface area contributed by atoms with Crippen LogP contribution in [0.25, 0.3) is 0 Å². The number of hydrogen-bond acceptors (Lipinski definition) is 4. The monoisotopic (exact) mass is 249 g/mol. The highest BCUT2D eigenvalue weighted by Gasteiger charge is 2.16. The third kappa shape index (κ3) is 5.49. The Hall–Kier alpha value is -0.580. The largest absolute Gasteiger partial charge is 0.463 e. The van der Waals surface area contributed by atoms with Gasteiger partial charge >= 0.3 is 5.97 Å². The fourth-order valence-electron chi connectivity index (χ4n) is 1.43. The minimum Gasteiger partial charge on any atom is -0.463 e. The molecule has 94 valence electrons. The van der Waals surface area contributed by atoms with E-state index in [1.54, 1.807) is 0 Å². The molecule has 0 aromatic carbocycles. The van der Waals surface area contributed by atoms with Crippen LogP contribution in [-0.2, 0) is 9.53 Å². The van der Waals surface area contributed by atoms with E-state index < -0.39 is 6.10 Å². The van der Waals surface area contributed by atoms with Crippen molar-refractivity contribution < 1.29 is 14.6 Å². The molecule has 1 heterocycles. The van der Waals surface area contributed by atoms with Crippen LogP contribution in [0.1, 0.15) is 26.2 Å². The lowest BCUT2D eigenvalue weighted by Crippen LogP contribution is -2.33. The molecule has 2 N–H and O–H groups in total. The highest BCUT2D eigenvalue weighted by atomic mass is 35.5. The molecule has 1 aliphatic heterocycles. The van der Waals surface area contributed by atoms with Gasteiger partial charge in [0.1, 0.15) is 0 Å². The van der Waals surface area contributed by atoms with Gasteiger partial charge in [-0.25, -0.2) is 4.79 Å². The zero-order valence-corrected chi connectivity index (χ0v) is 10.4. The Morgan fingerprint density at radius 1 is 1.69 bits per heavy atom. The number of esters is 1. The number of aliphatic hydroxyl groups excluding tert-OH is 1. The first kappa shape index (κ1) is 15.4. The highest BCUT2D eigenvalue weighted by molar-refractivity contribution is 5.85. The molecular weight excluding hydrogens is 230 g/mol. The first-order chi connectivity index (χ1) is 7.24. The predicted molar refractivity (Wildman–Crippen MR) is 64.7 cm³/mol. The maximum absolute atomic E-state index is 11.3. The lowest BCUT2D eigenvalue weighted by atomic mass is 10.0. The van der Waals surface area contributed by atoms with Crippen molar-refractivity contribution >= 4 is 18.4 Å². The van der Waals surface area contributed by atoms with E-state index in [0.717, 1.165) is 25.0 Å². The van der Waals surface area contributed by atoms with Gasteiger partial charge in [-0.2, -0.15) is 0 Å². The molecule has 0 amide bonds. The number of halogens is 1. The average molecular weight is 250 g/mol. The SMILES string of the molecule is CCCCOC(=O)C=C1CNCCC1O.Cl. The molecule has 0 radical (unpaired) electrons. The number of hydrogen-bond donors (Lipinski definition) is 2. The van der Waals surface area contributed by atoms with Crippen LogP contribution in [0.4, 0.5) is 0 Å². The second-order valence-corrected chi connectivity index (χ2v) is 3.72. The van der Waals surface area contributed by atoms with Gasteiger partial charge in [-0.05, 0) is 25.0 Å². The number of rotatable bonds is 4. The second-order valence-electron chi connectivity index (χ2n) is 3.72. The molecule has 16 heavy (non-hydrogen) atoms. The molecule has 1 aliphatic rings. The Balaban J connectivity index is 0.00000225. The fourth-order valence-corrected chi connectivity index (χ4v) is 1.43. The first-order valence-electron chi connectivity index (χ1n) is 5.50. The summed E-state index contributed by atoms with van der Waals surface area (Å²) in [5.74, 6) is -0.346. The molecular formula is C11H20ClNO3. The van der Waals surface area contributed by atoms with Crippen molar-refractivity contribution in [2.45, 2.75) is 32.3 Å². The van der Waals surface area contributed by atoms with Crippen molar-refractivity contribution in [1.82, 2.24) is 5.32 Å². The van der Waals surface area contributed by atoms with E-state index in [-0.39, 0.29) is 18.4 Å². The van der Waals surface area contributed by atoms with E-state index in [2.05, 4.69) is 5.32 Å². The third-order valence-corrected chi connectivity index (χ3v) is 2.40. The van der Waals surface area contributed by atoms with Gasteiger partial charge < -0.3 is 15.2 Å². The zero-order chi connectivity index (χ0) is 11.1. The van der Waals surface area contributed by atoms with Gasteiger partial charge in [-0.15, -0.1) is 12.4 Å². The van der Waals surface area contributed by atoms with Crippen molar-refractivity contribution in [2.75, 3.05) is 19.7 Å². The molecule has 1 atom stereocenters. The lowest BCUT2D eigenvalue weighted by molar-refractivity contribution is -0.138. The number of carbonyl (C=O) groups is 1. The zero-order valence-electron chi connectivity index (χ0n) is 9.57. The van der Waals surface area contributed by atoms with Crippen LogP contribution >= 0.6 is 12.4 Å². The van der Waals surface area contributed by atoms with Gasteiger partial charge in [-0.1, -0.05) is 13.3 Å². The lowest BCUT2D eigenvalue weighted by Gasteiger charge is -2.21. The van der Waals surface area contributed by atoms with E-state index in [9.17, 15) is 9.90 Å². The maximum Gasteiger partial charge on any atom is 0.330 e. The van der Waals surface area contributed by atoms with Crippen LogP contribution in [0.5, 0.6) is 0 Å². The summed E-state index contributed by atoms with van der Waals surface area (Å²) in [5, 5.41) is 12.7. The quantitative estimate of drug-likeness (QED) is 0.444. The van der Waals surface area contributed by atoms with E-state index in [1.807, 2.05) is 6.92 Å². The molecule has 1 unspecified atom stereocenters. The van der Waals surface area contributed by atoms with Gasteiger partial charge in [0, 0.05) is 12.6 Å². The summed E-state index contributed by atoms with van der Waals surface area (Å²) in [6, 6.07) is 0. The standard InChI is InChI=1S/C11H19NO3.ClH/c1-2-3-6-15-11(14)7-9-8-12-5-4-10(9)13;/h7,10,12-13H,2-6,8H2,1H3;1H. The number of nitrogens with one attached hydrogen (secondary N) is 1. The fraction of sp³-hybridized carbons (Fsp3) is 0.727. The molecule has 1 fully saturated rings. The number of ether oxygens (including phenoxy) is 1. The molecule has 4 nitrogen and oxygen atoms in total. The van der Waals surface area contributed by atoms with E-state index in [0.29, 0.717) is 19.6 Å². The maximum atomic E-state index is 11.3. The van der Waals surface area contributed by atoms with Crippen LogP contribution in [0.3, 0.4) is 0 Å². The van der Waals surface area contributed by atoms with Crippen molar-refractivity contribution in [1.29, 1.82) is 0 Å². The Labute approximate surface area is 102 Å². The molecule has 5 heteroatoms. The van der Waals surface area contributed by atoms with Crippen LogP contribution in [0.15, 0.2) is 11.6 Å². The molecule has 0 aromatic rings. The van der Waals surface area contributed by atoms with Crippen molar-refractivity contribution in [3.05, 3.63) is 11.6 Å². The number of carbonyl (C=O) groups excluding carboxylic acids is 1. The second kappa shape index (κ2) is 8.56. The Bertz CT molecular complexity index is 243. The van der Waals surface area contributed by atoms with Crippen LogP contribution < -0.4 is 5.32 Å². The van der Waals surface area contributed by atoms with Crippen LogP contribution in [0.2, 0.25) is 0 Å². The van der Waals surface area contributed by atoms with Gasteiger partial charge in [0.25, 0.3) is 0 Å². The smallest absolute Gasteiger partial charge is 0.330 e. The summed E-state index contributed by atoms with van der Waals surface area (Å²) in [4.78, 5) is 11.3. The molecule has 0 aliphatic carbocycles. The normalized spacial score (nSPS) is 22.6. The van der Waals surface area contributed by atoms with Crippen molar-refractivity contribution in [2.24, 2.45) is 0 Å². The summed E-state index contributed by atoms with van der Waals surface area (Å²) in [7, 11) is 0. The highest BCUT2D eigenvalue weighted by Crippen LogP contribution is 2.09. The molecule has 0 aromatic heterocycles. The summed E-state index contributed by atoms with van der Waals surface area (Å²) in [6.45, 7) is 3.87. The summed E-state index contributed by atoms with van der Waals surface area (Å²) in [6.07, 6.45) is 3.47. The minimum atomic E-state index is -0.495. The van der Waals surface area contributed by atoms with Crippen molar-refractivity contribution in [3.63, 3.8) is 0 Å². The van der Waals surface area contributed by atoms with Gasteiger partial charge in [-0.3, -0.25) is 0 Å². The molecule has 0 saturated carbocycles. The van der Waals surface area contributed by atoms with Crippen molar-refractivity contribution in [3.8, 4) is 0 Å². The topological polar surface area (TPSA) is 58.6 Å². The molecule has 0 bridgehead atoms. The van der Waals surface area contributed by atoms with E-state index in [1.165, 1.54) is 6.08 Å². The molecule has 1 rings (SSSR count). The first-order valence-corrected chi connectivity index (χ1v) is 5.50. The van der Waals surface area contributed by atoms with Gasteiger partial charge in [0.05, 0.1) is 12.7 Å². The predicted octanol–water partition coefficient (Wildman–Crippen LogP) is 1.03. The average Bonchev–Trinajstić information content (AvgIpc) is 2.22. The molecule has 1 saturated heterocycles. The van der Waals surface area contributed by atoms with Gasteiger partial charge in [0.2, 0.25) is 0 Å². The Morgan fingerprint density at radius 2 is 2.44 bits per heavy atom. The summed E-state index contributed by atoms with van der Waals surface area (Å²) >= 11 is 0. The minimum absolute atomic E-state index is 0. The Morgan fingerprint density at radius 3 is 3.06 bits per heavy atom. The third-order valence-electron chi connectivity index (χ3n) is 2.40. The number of unbranched alkanes of at least 4 members (excludes halogenated alkanes) is 1. The van der Waals surface area contributed by atoms with Gasteiger partial charge in [0.15, 0.2) is 0 Å². The number of aliphatic hydroxyl groups is 1. The van der Waals surface area contributed by atoms with E-state index >= 15 is 0 Å². The van der Waals surface area contributed by atoms with E-state index in [4.69, 9.17) is 4.74 Å². The Kier molecular flexibility index (Phi) is 8.25. The molecule has 0 spiro atoms. The summed E-state index contributed by atoms with van der Waals surface area (Å²) < 4.78 is 4.98. The van der Waals surface area contributed by atoms with Crippen LogP contribution in [-0.4, -0.2) is 36.9 Å². The summed E-state index contributed by atoms with van der Waals surface area (Å²) in [5.41, 5.74) is 0.725.